The van der Waals surface area contributed by atoms with Gasteiger partial charge in [0.2, 0.25) is 0 Å². The minimum absolute atomic E-state index is 0.549. The van der Waals surface area contributed by atoms with Crippen molar-refractivity contribution in [2.75, 3.05) is 43.5 Å². The number of anilines is 2. The fraction of sp³-hybridized carbons (Fsp3) is 0.556. The quantitative estimate of drug-likeness (QED) is 0.835. The van der Waals surface area contributed by atoms with Crippen LogP contribution < -0.4 is 9.80 Å². The lowest BCUT2D eigenvalue weighted by Gasteiger charge is -2.39. The molecule has 7 nitrogen and oxygen atoms in total. The molecule has 2 atom stereocenters. The van der Waals surface area contributed by atoms with Crippen molar-refractivity contribution < 1.29 is 0 Å². The lowest BCUT2D eigenvalue weighted by atomic mass is 9.92. The first-order valence-electron chi connectivity index (χ1n) is 8.94. The van der Waals surface area contributed by atoms with Gasteiger partial charge in [-0.1, -0.05) is 0 Å². The highest BCUT2D eigenvalue weighted by Crippen LogP contribution is 2.35. The smallest absolute Gasteiger partial charge is 0.172 e. The number of fused-ring (bicyclic) bond motifs is 1. The second-order valence-electron chi connectivity index (χ2n) is 7.12. The Morgan fingerprint density at radius 3 is 2.64 bits per heavy atom. The van der Waals surface area contributed by atoms with Crippen LogP contribution in [0.25, 0.3) is 0 Å². The number of likely N-dealkylation sites (tertiary alicyclic amines) is 1. The summed E-state index contributed by atoms with van der Waals surface area (Å²) in [7, 11) is 4.05. The molecule has 0 radical (unpaired) electrons. The summed E-state index contributed by atoms with van der Waals surface area (Å²) in [5, 5.41) is 0. The number of piperidine rings is 1. The molecule has 7 heteroatoms. The van der Waals surface area contributed by atoms with E-state index in [1.54, 1.807) is 24.8 Å². The molecule has 0 spiro atoms. The Hall–Kier alpha value is -2.28. The molecule has 0 bridgehead atoms. The van der Waals surface area contributed by atoms with Gasteiger partial charge in [0, 0.05) is 70.8 Å². The Balaban J connectivity index is 1.52. The van der Waals surface area contributed by atoms with Crippen LogP contribution in [0.5, 0.6) is 0 Å². The standard InChI is InChI=1S/C18H25N7/c1-23(2)17-18(22-8-7-21-17)25-10-4-14-3-9-24(16(14)13-25)12-15-11-19-5-6-20-15/h5-8,11,14,16H,3-4,9-10,12-13H2,1-2H3. The summed E-state index contributed by atoms with van der Waals surface area (Å²) in [6, 6.07) is 0.549. The van der Waals surface area contributed by atoms with Crippen LogP contribution in [0.1, 0.15) is 18.5 Å². The second-order valence-corrected chi connectivity index (χ2v) is 7.12. The topological polar surface area (TPSA) is 61.3 Å². The third-order valence-electron chi connectivity index (χ3n) is 5.34. The van der Waals surface area contributed by atoms with Crippen molar-refractivity contribution in [2.24, 2.45) is 5.92 Å². The van der Waals surface area contributed by atoms with Crippen molar-refractivity contribution in [3.63, 3.8) is 0 Å². The van der Waals surface area contributed by atoms with Gasteiger partial charge in [0.1, 0.15) is 0 Å². The van der Waals surface area contributed by atoms with Gasteiger partial charge in [0.25, 0.3) is 0 Å². The van der Waals surface area contributed by atoms with Crippen molar-refractivity contribution in [1.29, 1.82) is 0 Å². The number of hydrogen-bond acceptors (Lipinski definition) is 7. The normalized spacial score (nSPS) is 23.5. The first kappa shape index (κ1) is 16.2. The Kier molecular flexibility index (Phi) is 4.48. The van der Waals surface area contributed by atoms with Gasteiger partial charge in [0.15, 0.2) is 11.6 Å². The molecule has 2 unspecified atom stereocenters. The van der Waals surface area contributed by atoms with Crippen molar-refractivity contribution in [3.05, 3.63) is 36.7 Å². The van der Waals surface area contributed by atoms with Gasteiger partial charge < -0.3 is 9.80 Å². The lowest BCUT2D eigenvalue weighted by Crippen LogP contribution is -2.48. The molecule has 0 aliphatic carbocycles. The minimum atomic E-state index is 0.549. The van der Waals surface area contributed by atoms with Crippen molar-refractivity contribution in [1.82, 2.24) is 24.8 Å². The molecule has 2 aromatic heterocycles. The van der Waals surface area contributed by atoms with Gasteiger partial charge >= 0.3 is 0 Å². The molecule has 25 heavy (non-hydrogen) atoms. The number of aromatic nitrogens is 4. The number of nitrogens with zero attached hydrogens (tertiary/aromatic N) is 7. The zero-order valence-corrected chi connectivity index (χ0v) is 14.9. The van der Waals surface area contributed by atoms with Gasteiger partial charge in [-0.05, 0) is 25.3 Å². The first-order chi connectivity index (χ1) is 12.2. The molecule has 0 amide bonds. The van der Waals surface area contributed by atoms with E-state index in [1.807, 2.05) is 25.2 Å². The van der Waals surface area contributed by atoms with Crippen molar-refractivity contribution >= 4 is 11.6 Å². The van der Waals surface area contributed by atoms with Gasteiger partial charge in [-0.15, -0.1) is 0 Å². The lowest BCUT2D eigenvalue weighted by molar-refractivity contribution is 0.198. The molecule has 0 N–H and O–H groups in total. The van der Waals surface area contributed by atoms with Gasteiger partial charge in [-0.25, -0.2) is 9.97 Å². The van der Waals surface area contributed by atoms with Crippen LogP contribution in [0.3, 0.4) is 0 Å². The monoisotopic (exact) mass is 339 g/mol. The molecule has 4 rings (SSSR count). The fourth-order valence-electron chi connectivity index (χ4n) is 4.10. The Morgan fingerprint density at radius 1 is 1.04 bits per heavy atom. The molecule has 2 fully saturated rings. The van der Waals surface area contributed by atoms with E-state index in [4.69, 9.17) is 0 Å². The van der Waals surface area contributed by atoms with E-state index in [0.29, 0.717) is 6.04 Å². The van der Waals surface area contributed by atoms with E-state index in [2.05, 4.69) is 29.7 Å². The predicted molar refractivity (Wildman–Crippen MR) is 97.5 cm³/mol. The second kappa shape index (κ2) is 6.92. The van der Waals surface area contributed by atoms with Gasteiger partial charge in [0.05, 0.1) is 5.69 Å². The zero-order valence-electron chi connectivity index (χ0n) is 14.9. The SMILES string of the molecule is CN(C)c1nccnc1N1CCC2CCN(Cc3cnccn3)C2C1. The van der Waals surface area contributed by atoms with E-state index in [0.717, 1.165) is 49.4 Å². The van der Waals surface area contributed by atoms with Crippen molar-refractivity contribution in [3.8, 4) is 0 Å². The molecule has 2 aromatic rings. The Labute approximate surface area is 148 Å². The molecule has 2 aliphatic heterocycles. The van der Waals surface area contributed by atoms with E-state index in [-0.39, 0.29) is 0 Å². The summed E-state index contributed by atoms with van der Waals surface area (Å²) in [4.78, 5) is 24.8. The maximum absolute atomic E-state index is 4.63. The van der Waals surface area contributed by atoms with Crippen LogP contribution in [0, 0.1) is 5.92 Å². The molecule has 2 saturated heterocycles. The number of hydrogen-bond donors (Lipinski definition) is 0. The summed E-state index contributed by atoms with van der Waals surface area (Å²) in [6.45, 7) is 4.08. The van der Waals surface area contributed by atoms with Crippen LogP contribution in [0.4, 0.5) is 11.6 Å². The third kappa shape index (κ3) is 3.28. The van der Waals surface area contributed by atoms with E-state index >= 15 is 0 Å². The largest absolute Gasteiger partial charge is 0.360 e. The van der Waals surface area contributed by atoms with Crippen LogP contribution in [-0.2, 0) is 6.54 Å². The average molecular weight is 339 g/mol. The summed E-state index contributed by atoms with van der Waals surface area (Å²) in [5.41, 5.74) is 1.05. The summed E-state index contributed by atoms with van der Waals surface area (Å²) < 4.78 is 0. The van der Waals surface area contributed by atoms with E-state index in [9.17, 15) is 0 Å². The average Bonchev–Trinajstić information content (AvgIpc) is 3.04. The highest BCUT2D eigenvalue weighted by atomic mass is 15.3. The molecule has 0 saturated carbocycles. The summed E-state index contributed by atoms with van der Waals surface area (Å²) in [5.74, 6) is 2.71. The zero-order chi connectivity index (χ0) is 17.2. The Morgan fingerprint density at radius 2 is 1.84 bits per heavy atom. The maximum Gasteiger partial charge on any atom is 0.172 e. The van der Waals surface area contributed by atoms with Crippen LogP contribution in [-0.4, -0.2) is 64.6 Å². The van der Waals surface area contributed by atoms with Crippen LogP contribution >= 0.6 is 0 Å². The fourth-order valence-corrected chi connectivity index (χ4v) is 4.10. The summed E-state index contributed by atoms with van der Waals surface area (Å²) >= 11 is 0. The molecule has 0 aromatic carbocycles. The third-order valence-corrected chi connectivity index (χ3v) is 5.34. The highest BCUT2D eigenvalue weighted by molar-refractivity contribution is 5.61. The maximum atomic E-state index is 4.63. The highest BCUT2D eigenvalue weighted by Gasteiger charge is 2.39. The molecule has 2 aliphatic rings. The predicted octanol–water partition coefficient (Wildman–Crippen LogP) is 1.43. The molecular formula is C18H25N7. The molecule has 132 valence electrons. The minimum Gasteiger partial charge on any atom is -0.360 e. The number of rotatable bonds is 4. The first-order valence-corrected chi connectivity index (χ1v) is 8.94. The van der Waals surface area contributed by atoms with E-state index < -0.39 is 0 Å². The van der Waals surface area contributed by atoms with Gasteiger partial charge in [-0.2, -0.15) is 0 Å². The Bertz CT molecular complexity index is 706. The van der Waals surface area contributed by atoms with Crippen molar-refractivity contribution in [2.45, 2.75) is 25.4 Å². The summed E-state index contributed by atoms with van der Waals surface area (Å²) in [6.07, 6.45) is 11.4. The van der Waals surface area contributed by atoms with Crippen LogP contribution in [0.15, 0.2) is 31.0 Å². The molecular weight excluding hydrogens is 314 g/mol. The van der Waals surface area contributed by atoms with E-state index in [1.165, 1.54) is 12.8 Å². The van der Waals surface area contributed by atoms with Gasteiger partial charge in [-0.3, -0.25) is 14.9 Å². The molecule has 4 heterocycles. The van der Waals surface area contributed by atoms with Crippen LogP contribution in [0.2, 0.25) is 0 Å².